The van der Waals surface area contributed by atoms with Gasteiger partial charge >= 0.3 is 0 Å². The van der Waals surface area contributed by atoms with Crippen LogP contribution in [0.25, 0.3) is 5.69 Å². The number of carbonyl (C=O) groups excluding carboxylic acids is 1. The van der Waals surface area contributed by atoms with Gasteiger partial charge in [0, 0.05) is 7.05 Å². The predicted octanol–water partition coefficient (Wildman–Crippen LogP) is 1.16. The van der Waals surface area contributed by atoms with Gasteiger partial charge in [0.1, 0.15) is 0 Å². The molecular weight excluding hydrogens is 216 g/mol. The fraction of sp³-hybridized carbons (Fsp3) is 0.250. The summed E-state index contributed by atoms with van der Waals surface area (Å²) < 4.78 is 1.74. The average molecular weight is 228 g/mol. The van der Waals surface area contributed by atoms with Crippen molar-refractivity contribution in [2.75, 3.05) is 7.05 Å². The maximum absolute atomic E-state index is 12.2. The zero-order chi connectivity index (χ0) is 12.0. The molecule has 1 aromatic heterocycles. The highest BCUT2D eigenvalue weighted by Gasteiger charge is 2.24. The van der Waals surface area contributed by atoms with Crippen molar-refractivity contribution in [3.63, 3.8) is 0 Å². The van der Waals surface area contributed by atoms with Gasteiger partial charge in [0.2, 0.25) is 0 Å². The molecule has 1 aliphatic rings. The summed E-state index contributed by atoms with van der Waals surface area (Å²) >= 11 is 0. The van der Waals surface area contributed by atoms with Crippen molar-refractivity contribution in [1.82, 2.24) is 19.9 Å². The smallest absolute Gasteiger partial charge is 0.256 e. The van der Waals surface area contributed by atoms with Crippen LogP contribution in [0, 0.1) is 6.92 Å². The molecule has 5 heteroatoms. The van der Waals surface area contributed by atoms with E-state index in [4.69, 9.17) is 0 Å². The number of benzene rings is 1. The number of hydrogen-bond acceptors (Lipinski definition) is 3. The Hall–Kier alpha value is -2.17. The molecule has 0 saturated carbocycles. The number of aryl methyl sites for hydroxylation is 1. The third kappa shape index (κ3) is 1.43. The van der Waals surface area contributed by atoms with E-state index in [0.717, 1.165) is 16.9 Å². The Morgan fingerprint density at radius 2 is 2.18 bits per heavy atom. The minimum atomic E-state index is 0.0190. The quantitative estimate of drug-likeness (QED) is 0.680. The largest absolute Gasteiger partial charge is 0.336 e. The van der Waals surface area contributed by atoms with Gasteiger partial charge < -0.3 is 4.90 Å². The summed E-state index contributed by atoms with van der Waals surface area (Å²) in [5.41, 5.74) is 3.50. The van der Waals surface area contributed by atoms with Gasteiger partial charge in [0.25, 0.3) is 5.91 Å². The molecule has 1 amide bonds. The Balaban J connectivity index is 2.33. The van der Waals surface area contributed by atoms with Gasteiger partial charge in [-0.2, -0.15) is 0 Å². The van der Waals surface area contributed by atoms with Gasteiger partial charge in [0.15, 0.2) is 0 Å². The Labute approximate surface area is 98.7 Å². The SMILES string of the molecule is Cc1ccc2c(c1)-n1nncc1CN(C)C2=O. The Bertz CT molecular complexity index is 602. The highest BCUT2D eigenvalue weighted by atomic mass is 16.2. The van der Waals surface area contributed by atoms with Gasteiger partial charge in [-0.15, -0.1) is 5.10 Å². The fourth-order valence-electron chi connectivity index (χ4n) is 2.09. The lowest BCUT2D eigenvalue weighted by Gasteiger charge is -2.13. The summed E-state index contributed by atoms with van der Waals surface area (Å²) in [5.74, 6) is 0.0190. The zero-order valence-electron chi connectivity index (χ0n) is 9.71. The van der Waals surface area contributed by atoms with Crippen LogP contribution in [0.15, 0.2) is 24.4 Å². The third-order valence-corrected chi connectivity index (χ3v) is 2.98. The van der Waals surface area contributed by atoms with Gasteiger partial charge in [-0.25, -0.2) is 4.68 Å². The van der Waals surface area contributed by atoms with Gasteiger partial charge in [-0.1, -0.05) is 11.3 Å². The second-order valence-electron chi connectivity index (χ2n) is 4.32. The molecule has 0 spiro atoms. The molecule has 3 rings (SSSR count). The monoisotopic (exact) mass is 228 g/mol. The van der Waals surface area contributed by atoms with E-state index in [1.807, 2.05) is 25.1 Å². The van der Waals surface area contributed by atoms with Gasteiger partial charge in [0.05, 0.1) is 29.7 Å². The average Bonchev–Trinajstić information content (AvgIpc) is 2.72. The van der Waals surface area contributed by atoms with Gasteiger partial charge in [-0.3, -0.25) is 4.79 Å². The van der Waals surface area contributed by atoms with Crippen LogP contribution in [0.4, 0.5) is 0 Å². The highest BCUT2D eigenvalue weighted by Crippen LogP contribution is 2.23. The Morgan fingerprint density at radius 3 is 3.00 bits per heavy atom. The van der Waals surface area contributed by atoms with Crippen molar-refractivity contribution in [1.29, 1.82) is 0 Å². The normalized spacial score (nSPS) is 14.2. The second kappa shape index (κ2) is 3.41. The summed E-state index contributed by atoms with van der Waals surface area (Å²) in [6.45, 7) is 2.52. The van der Waals surface area contributed by atoms with Crippen molar-refractivity contribution in [3.8, 4) is 5.69 Å². The molecule has 0 atom stereocenters. The predicted molar refractivity (Wildman–Crippen MR) is 61.9 cm³/mol. The molecule has 1 aliphatic heterocycles. The van der Waals surface area contributed by atoms with Crippen LogP contribution in [-0.2, 0) is 6.54 Å². The van der Waals surface area contributed by atoms with Crippen molar-refractivity contribution in [2.45, 2.75) is 13.5 Å². The summed E-state index contributed by atoms with van der Waals surface area (Å²) in [7, 11) is 1.79. The van der Waals surface area contributed by atoms with Crippen molar-refractivity contribution in [2.24, 2.45) is 0 Å². The van der Waals surface area contributed by atoms with Crippen LogP contribution in [0.5, 0.6) is 0 Å². The van der Waals surface area contributed by atoms with E-state index in [2.05, 4.69) is 10.3 Å². The molecule has 0 N–H and O–H groups in total. The molecule has 0 saturated heterocycles. The van der Waals surface area contributed by atoms with E-state index in [9.17, 15) is 4.79 Å². The van der Waals surface area contributed by atoms with Crippen molar-refractivity contribution >= 4 is 5.91 Å². The molecule has 17 heavy (non-hydrogen) atoms. The van der Waals surface area contributed by atoms with E-state index in [1.165, 1.54) is 0 Å². The lowest BCUT2D eigenvalue weighted by atomic mass is 10.1. The second-order valence-corrected chi connectivity index (χ2v) is 4.32. The molecule has 5 nitrogen and oxygen atoms in total. The third-order valence-electron chi connectivity index (χ3n) is 2.98. The van der Waals surface area contributed by atoms with Crippen molar-refractivity contribution < 1.29 is 4.79 Å². The van der Waals surface area contributed by atoms with E-state index >= 15 is 0 Å². The number of carbonyl (C=O) groups is 1. The first-order valence-corrected chi connectivity index (χ1v) is 5.43. The first kappa shape index (κ1) is 10.0. The summed E-state index contributed by atoms with van der Waals surface area (Å²) in [4.78, 5) is 13.9. The van der Waals surface area contributed by atoms with Gasteiger partial charge in [-0.05, 0) is 24.6 Å². The molecule has 0 fully saturated rings. The fourth-order valence-corrected chi connectivity index (χ4v) is 2.09. The van der Waals surface area contributed by atoms with Crippen LogP contribution >= 0.6 is 0 Å². The number of hydrogen-bond donors (Lipinski definition) is 0. The number of nitrogens with zero attached hydrogens (tertiary/aromatic N) is 4. The molecule has 86 valence electrons. The summed E-state index contributed by atoms with van der Waals surface area (Å²) in [6, 6.07) is 5.75. The molecule has 0 bridgehead atoms. The molecule has 2 heterocycles. The minimum absolute atomic E-state index is 0.0190. The van der Waals surface area contributed by atoms with Crippen LogP contribution in [0.1, 0.15) is 21.6 Å². The van der Waals surface area contributed by atoms with E-state index < -0.39 is 0 Å². The number of aromatic nitrogens is 3. The maximum atomic E-state index is 12.2. The number of amides is 1. The van der Waals surface area contributed by atoms with E-state index in [0.29, 0.717) is 12.1 Å². The maximum Gasteiger partial charge on any atom is 0.256 e. The topological polar surface area (TPSA) is 51.0 Å². The lowest BCUT2D eigenvalue weighted by Crippen LogP contribution is -2.24. The van der Waals surface area contributed by atoms with E-state index in [-0.39, 0.29) is 5.91 Å². The summed E-state index contributed by atoms with van der Waals surface area (Å²) in [5, 5.41) is 7.96. The zero-order valence-corrected chi connectivity index (χ0v) is 9.71. The first-order chi connectivity index (χ1) is 8.16. The first-order valence-electron chi connectivity index (χ1n) is 5.43. The standard InChI is InChI=1S/C12H12N4O/c1-8-3-4-10-11(5-8)16-9(6-13-14-16)7-15(2)12(10)17/h3-6H,7H2,1-2H3. The molecule has 0 aliphatic carbocycles. The Kier molecular flexibility index (Phi) is 2.01. The molecule has 1 aromatic carbocycles. The molecular formula is C12H12N4O. The summed E-state index contributed by atoms with van der Waals surface area (Å²) in [6.07, 6.45) is 1.70. The highest BCUT2D eigenvalue weighted by molar-refractivity contribution is 5.98. The number of fused-ring (bicyclic) bond motifs is 3. The van der Waals surface area contributed by atoms with E-state index in [1.54, 1.807) is 22.8 Å². The molecule has 0 unspecified atom stereocenters. The van der Waals surface area contributed by atoms with Crippen LogP contribution < -0.4 is 0 Å². The van der Waals surface area contributed by atoms with Crippen molar-refractivity contribution in [3.05, 3.63) is 41.2 Å². The van der Waals surface area contributed by atoms with Crippen LogP contribution in [-0.4, -0.2) is 32.8 Å². The minimum Gasteiger partial charge on any atom is -0.336 e. The van der Waals surface area contributed by atoms with Crippen LogP contribution in [0.2, 0.25) is 0 Å². The molecule has 0 radical (unpaired) electrons. The Morgan fingerprint density at radius 1 is 1.35 bits per heavy atom. The number of rotatable bonds is 0. The molecule has 2 aromatic rings. The lowest BCUT2D eigenvalue weighted by molar-refractivity contribution is 0.0788. The van der Waals surface area contributed by atoms with Crippen LogP contribution in [0.3, 0.4) is 0 Å².